The van der Waals surface area contributed by atoms with E-state index in [0.29, 0.717) is 23.5 Å². The number of amidine groups is 1. The van der Waals surface area contributed by atoms with Gasteiger partial charge in [0.25, 0.3) is 0 Å². The largest absolute Gasteiger partial charge is 1.00 e. The number of benzene rings is 2. The van der Waals surface area contributed by atoms with Gasteiger partial charge in [0, 0.05) is 4.90 Å². The fraction of sp³-hybridized carbons (Fsp3) is 0.360. The molecule has 5 rings (SSSR count). The maximum atomic E-state index is 14.0. The first-order chi connectivity index (χ1) is 16.9. The third kappa shape index (κ3) is 7.04. The predicted molar refractivity (Wildman–Crippen MR) is 136 cm³/mol. The van der Waals surface area contributed by atoms with Crippen LogP contribution in [-0.4, -0.2) is 35.4 Å². The third-order valence-corrected chi connectivity index (χ3v) is 9.08. The molecule has 192 valence electrons. The average Bonchev–Trinajstić information content (AvgIpc) is 3.30. The molecule has 0 bridgehead atoms. The molecule has 1 atom stereocenters. The fourth-order valence-corrected chi connectivity index (χ4v) is 7.26. The van der Waals surface area contributed by atoms with E-state index in [1.165, 1.54) is 12.1 Å². The van der Waals surface area contributed by atoms with Gasteiger partial charge in [0.05, 0.1) is 28.6 Å². The average molecular weight is 598 g/mol. The zero-order valence-corrected chi connectivity index (χ0v) is 30.5. The van der Waals surface area contributed by atoms with Gasteiger partial charge >= 0.3 is 88.7 Å². The molecule has 1 heterocycles. The van der Waals surface area contributed by atoms with E-state index in [1.807, 2.05) is 6.92 Å². The Morgan fingerprint density at radius 1 is 1.10 bits per heavy atom. The molecule has 14 heteroatoms. The van der Waals surface area contributed by atoms with Crippen LogP contribution in [0.1, 0.15) is 50.2 Å². The Morgan fingerprint density at radius 3 is 2.38 bits per heavy atom. The van der Waals surface area contributed by atoms with Crippen LogP contribution >= 0.6 is 10.8 Å². The summed E-state index contributed by atoms with van der Waals surface area (Å²) < 4.78 is 55.4. The molecule has 0 amide bonds. The maximum Gasteiger partial charge on any atom is 1.00 e. The minimum Gasteiger partial charge on any atom is -0.871 e. The molecule has 0 saturated heterocycles. The second-order valence-corrected chi connectivity index (χ2v) is 13.2. The number of rotatable bonds is 5. The van der Waals surface area contributed by atoms with Crippen molar-refractivity contribution in [3.05, 3.63) is 59.2 Å². The molecule has 2 aliphatic carbocycles. The van der Waals surface area contributed by atoms with E-state index in [4.69, 9.17) is 0 Å². The van der Waals surface area contributed by atoms with Crippen molar-refractivity contribution in [3.8, 4) is 0 Å². The van der Waals surface area contributed by atoms with E-state index in [0.717, 1.165) is 38.0 Å². The molecule has 0 radical (unpaired) electrons. The van der Waals surface area contributed by atoms with E-state index in [2.05, 4.69) is 14.4 Å². The van der Waals surface area contributed by atoms with Crippen molar-refractivity contribution in [2.45, 2.75) is 49.3 Å². The van der Waals surface area contributed by atoms with Crippen LogP contribution in [0.5, 0.6) is 0 Å². The minimum atomic E-state index is -4.34. The predicted octanol–water partition coefficient (Wildman–Crippen LogP) is -5.57. The smallest absolute Gasteiger partial charge is 0.871 e. The number of sulfonamides is 2. The molecular weight excluding hydrogens is 571 g/mol. The first kappa shape index (κ1) is 35.3. The number of nitrogens with one attached hydrogen (secondary N) is 2. The van der Waals surface area contributed by atoms with Gasteiger partial charge in [-0.25, -0.2) is 12.8 Å². The first-order valence-electron chi connectivity index (χ1n) is 11.7. The Morgan fingerprint density at radius 2 is 1.74 bits per heavy atom. The Labute approximate surface area is 297 Å². The number of hydrogen-bond donors (Lipinski definition) is 2. The molecule has 1 fully saturated rings. The van der Waals surface area contributed by atoms with E-state index in [9.17, 15) is 27.4 Å². The van der Waals surface area contributed by atoms with E-state index in [-0.39, 0.29) is 116 Å². The molecule has 1 saturated carbocycles. The molecule has 2 aromatic rings. The van der Waals surface area contributed by atoms with Crippen molar-refractivity contribution in [3.63, 3.8) is 0 Å². The summed E-state index contributed by atoms with van der Waals surface area (Å²) in [7, 11) is -7.97. The van der Waals surface area contributed by atoms with E-state index in [1.54, 1.807) is 24.3 Å². The number of anilines is 2. The van der Waals surface area contributed by atoms with Crippen LogP contribution in [0.25, 0.3) is 5.76 Å². The van der Waals surface area contributed by atoms with Crippen molar-refractivity contribution in [1.82, 2.24) is 0 Å². The van der Waals surface area contributed by atoms with Gasteiger partial charge in [0.15, 0.2) is 11.6 Å². The summed E-state index contributed by atoms with van der Waals surface area (Å²) in [5.41, 5.74) is -0.0901. The van der Waals surface area contributed by atoms with Crippen LogP contribution < -0.4 is 104 Å². The summed E-state index contributed by atoms with van der Waals surface area (Å²) >= 11 is 0. The van der Waals surface area contributed by atoms with Gasteiger partial charge in [-0.15, -0.1) is 0 Å². The molecular formula is C25H26N3Na3O6S2. The number of Topliss-reactive ketones (excluding diaryl/α,β-unsaturated/α-hetero) is 1. The molecule has 2 N–H and O–H groups in total. The molecule has 39 heavy (non-hydrogen) atoms. The number of hydrogen-bond acceptors (Lipinski definition) is 8. The summed E-state index contributed by atoms with van der Waals surface area (Å²) in [6.45, 7) is 1.83. The van der Waals surface area contributed by atoms with Crippen LogP contribution in [-0.2, 0) is 20.2 Å². The van der Waals surface area contributed by atoms with E-state index >= 15 is 0 Å². The minimum absolute atomic E-state index is 0. The fourth-order valence-electron chi connectivity index (χ4n) is 5.55. The van der Waals surface area contributed by atoms with Crippen molar-refractivity contribution < 1.29 is 116 Å². The zero-order valence-electron chi connectivity index (χ0n) is 22.9. The summed E-state index contributed by atoms with van der Waals surface area (Å²) in [4.78, 5) is 13.7. The van der Waals surface area contributed by atoms with Crippen LogP contribution in [0, 0.1) is 5.92 Å². The monoisotopic (exact) mass is 597 g/mol. The summed E-state index contributed by atoms with van der Waals surface area (Å²) in [6.07, 6.45) is 5.75. The van der Waals surface area contributed by atoms with Gasteiger partial charge in [0.1, 0.15) is 0 Å². The Bertz CT molecular complexity index is 1440. The topological polar surface area (TPSA) is 157 Å². The first-order valence-corrected chi connectivity index (χ1v) is 15.0. The third-order valence-electron chi connectivity index (χ3n) is 7.16. The van der Waals surface area contributed by atoms with Crippen LogP contribution in [0.4, 0.5) is 11.4 Å². The standard InChI is InChI=1S/C25H29N3O6S2.3Na/c1-25(14-15-7-3-4-8-15)18-10-6-5-9-17(18)22(29)21(23(25)30)24-26-19-12-11-16(27-35(2,31)32)13-20(19)36(33,34)28-24;;;/h5-6,9-13,15,27,29,33-34H,3-4,7-8,14H2,1-2H3,(H,26,28);;;/q;3*+1/p-3. The number of fused-ring (bicyclic) bond motifs is 2. The Kier molecular flexibility index (Phi) is 12.0. The van der Waals surface area contributed by atoms with Crippen molar-refractivity contribution >= 4 is 49.6 Å². The second kappa shape index (κ2) is 13.2. The van der Waals surface area contributed by atoms with Crippen molar-refractivity contribution in [1.29, 1.82) is 0 Å². The maximum absolute atomic E-state index is 14.0. The molecule has 3 aliphatic rings. The zero-order chi connectivity index (χ0) is 25.9. The van der Waals surface area contributed by atoms with Crippen molar-refractivity contribution in [2.75, 3.05) is 16.3 Å². The Balaban J connectivity index is 0.00000178. The quantitative estimate of drug-likeness (QED) is 0.326. The van der Waals surface area contributed by atoms with Crippen LogP contribution in [0.3, 0.4) is 0 Å². The normalized spacial score (nSPS) is 22.6. The number of nitrogens with zero attached hydrogens (tertiary/aromatic N) is 1. The molecule has 0 spiro atoms. The number of ketones is 1. The van der Waals surface area contributed by atoms with Gasteiger partial charge in [-0.05, 0) is 48.6 Å². The summed E-state index contributed by atoms with van der Waals surface area (Å²) in [5, 5.41) is 16.4. The summed E-state index contributed by atoms with van der Waals surface area (Å²) in [5.74, 6) is -0.987. The molecule has 1 aliphatic heterocycles. The SMILES string of the molecule is CC1(CC2CCCC2)C(=O)C(C2=NS([O-])([O-])c3cc(NS(C)(=O)=O)ccc3N2)=C([O-])c2ccccc21.[Na+].[Na+].[Na+]. The van der Waals surface area contributed by atoms with Gasteiger partial charge < -0.3 is 30.3 Å². The van der Waals surface area contributed by atoms with Gasteiger partial charge in [0.2, 0.25) is 10.0 Å². The van der Waals surface area contributed by atoms with Crippen LogP contribution in [0.15, 0.2) is 57.3 Å². The molecule has 9 nitrogen and oxygen atoms in total. The Hall–Kier alpha value is 0.140. The van der Waals surface area contributed by atoms with Gasteiger partial charge in [-0.1, -0.05) is 55.7 Å². The number of carbonyl (C=O) groups excluding carboxylic acids is 1. The van der Waals surface area contributed by atoms with Crippen molar-refractivity contribution in [2.24, 2.45) is 10.3 Å². The van der Waals surface area contributed by atoms with Crippen LogP contribution in [0.2, 0.25) is 0 Å². The summed E-state index contributed by atoms with van der Waals surface area (Å²) in [6, 6.07) is 10.9. The molecule has 0 aromatic heterocycles. The van der Waals surface area contributed by atoms with E-state index < -0.39 is 37.8 Å². The van der Waals surface area contributed by atoms with Gasteiger partial charge in [-0.3, -0.25) is 9.52 Å². The molecule has 2 aromatic carbocycles. The number of carbonyl (C=O) groups is 1. The molecule has 1 unspecified atom stereocenters. The second-order valence-electron chi connectivity index (χ2n) is 9.89. The van der Waals surface area contributed by atoms with Gasteiger partial charge in [-0.2, -0.15) is 0 Å².